The van der Waals surface area contributed by atoms with Crippen LogP contribution in [0, 0.1) is 16.7 Å². The number of hydrogen-bond acceptors (Lipinski definition) is 2. The van der Waals surface area contributed by atoms with Gasteiger partial charge in [-0.2, -0.15) is 0 Å². The maximum absolute atomic E-state index is 10.6. The molecule has 0 spiro atoms. The van der Waals surface area contributed by atoms with Gasteiger partial charge in [-0.05, 0) is 23.2 Å². The highest BCUT2D eigenvalue weighted by Crippen LogP contribution is 2.43. The molecule has 0 aliphatic carbocycles. The van der Waals surface area contributed by atoms with Crippen LogP contribution in [0.4, 0.5) is 0 Å². The maximum atomic E-state index is 10.6. The van der Waals surface area contributed by atoms with Crippen LogP contribution in [-0.2, 0) is 9.09 Å². The van der Waals surface area contributed by atoms with Crippen molar-refractivity contribution in [1.29, 1.82) is 0 Å². The lowest BCUT2D eigenvalue weighted by Gasteiger charge is -2.40. The highest BCUT2D eigenvalue weighted by molar-refractivity contribution is 7.46. The SMILES string of the molecule is CC(C)(C)C(CCOP(=O)(O)O)C(C)(C)C. The number of phosphoric acid groups is 1. The molecule has 4 nitrogen and oxygen atoms in total. The first kappa shape index (κ1) is 16.1. The lowest BCUT2D eigenvalue weighted by Crippen LogP contribution is -2.33. The van der Waals surface area contributed by atoms with E-state index in [1.807, 2.05) is 0 Å². The van der Waals surface area contributed by atoms with Gasteiger partial charge in [0.1, 0.15) is 0 Å². The predicted octanol–water partition coefficient (Wildman–Crippen LogP) is 3.19. The molecule has 2 N–H and O–H groups in total. The monoisotopic (exact) mass is 252 g/mol. The summed E-state index contributed by atoms with van der Waals surface area (Å²) < 4.78 is 15.1. The van der Waals surface area contributed by atoms with Crippen molar-refractivity contribution in [3.63, 3.8) is 0 Å². The van der Waals surface area contributed by atoms with Gasteiger partial charge in [0, 0.05) is 0 Å². The topological polar surface area (TPSA) is 66.8 Å². The van der Waals surface area contributed by atoms with Crippen molar-refractivity contribution < 1.29 is 18.9 Å². The minimum absolute atomic E-state index is 0.0938. The van der Waals surface area contributed by atoms with E-state index in [-0.39, 0.29) is 17.4 Å². The zero-order chi connectivity index (χ0) is 13.2. The molecule has 0 aliphatic rings. The van der Waals surface area contributed by atoms with Crippen LogP contribution in [0.2, 0.25) is 0 Å². The minimum Gasteiger partial charge on any atom is -0.303 e. The molecule has 0 amide bonds. The normalized spacial score (nSPS) is 14.6. The molecule has 0 heterocycles. The molecule has 0 aromatic heterocycles. The molecule has 0 unspecified atom stereocenters. The lowest BCUT2D eigenvalue weighted by atomic mass is 9.65. The zero-order valence-corrected chi connectivity index (χ0v) is 12.0. The first-order chi connectivity index (χ1) is 6.84. The van der Waals surface area contributed by atoms with Gasteiger partial charge in [0.05, 0.1) is 6.61 Å². The standard InChI is InChI=1S/C11H25O4P/c1-10(2,3)9(11(4,5)6)7-8-15-16(12,13)14/h9H,7-8H2,1-6H3,(H2,12,13,14). The fourth-order valence-electron chi connectivity index (χ4n) is 2.45. The Kier molecular flexibility index (Phi) is 5.21. The molecule has 0 aliphatic heterocycles. The summed E-state index contributed by atoms with van der Waals surface area (Å²) in [5.41, 5.74) is 0.188. The van der Waals surface area contributed by atoms with Gasteiger partial charge in [-0.3, -0.25) is 4.52 Å². The van der Waals surface area contributed by atoms with Gasteiger partial charge < -0.3 is 9.79 Å². The Morgan fingerprint density at radius 1 is 1.06 bits per heavy atom. The third-order valence-electron chi connectivity index (χ3n) is 2.76. The molecule has 0 aromatic rings. The van der Waals surface area contributed by atoms with E-state index in [1.165, 1.54) is 0 Å². The van der Waals surface area contributed by atoms with E-state index in [2.05, 4.69) is 46.1 Å². The van der Waals surface area contributed by atoms with Crippen molar-refractivity contribution >= 4 is 7.82 Å². The molecule has 0 aromatic carbocycles. The van der Waals surface area contributed by atoms with Gasteiger partial charge in [-0.15, -0.1) is 0 Å². The van der Waals surface area contributed by atoms with Crippen molar-refractivity contribution in [3.8, 4) is 0 Å². The summed E-state index contributed by atoms with van der Waals surface area (Å²) in [6.45, 7) is 12.9. The van der Waals surface area contributed by atoms with Gasteiger partial charge in [0.2, 0.25) is 0 Å². The second kappa shape index (κ2) is 5.18. The molecule has 0 saturated heterocycles. The van der Waals surface area contributed by atoms with Crippen LogP contribution in [0.15, 0.2) is 0 Å². The summed E-state index contributed by atoms with van der Waals surface area (Å²) in [7, 11) is -4.33. The fraction of sp³-hybridized carbons (Fsp3) is 1.00. The molecule has 16 heavy (non-hydrogen) atoms. The Bertz CT molecular complexity index is 242. The third-order valence-corrected chi connectivity index (χ3v) is 3.28. The van der Waals surface area contributed by atoms with E-state index < -0.39 is 7.82 Å². The highest BCUT2D eigenvalue weighted by atomic mass is 31.2. The van der Waals surface area contributed by atoms with Crippen LogP contribution >= 0.6 is 7.82 Å². The quantitative estimate of drug-likeness (QED) is 0.754. The second-order valence-electron chi connectivity index (χ2n) is 6.40. The zero-order valence-electron chi connectivity index (χ0n) is 11.1. The molecule has 0 radical (unpaired) electrons. The summed E-state index contributed by atoms with van der Waals surface area (Å²) in [5.74, 6) is 0.339. The summed E-state index contributed by atoms with van der Waals surface area (Å²) in [5, 5.41) is 0. The molecule has 0 rings (SSSR count). The lowest BCUT2D eigenvalue weighted by molar-refractivity contribution is 0.0692. The molecule has 98 valence electrons. The molecular formula is C11H25O4P. The summed E-state index contributed by atoms with van der Waals surface area (Å²) >= 11 is 0. The predicted molar refractivity (Wildman–Crippen MR) is 65.0 cm³/mol. The van der Waals surface area contributed by atoms with Crippen molar-refractivity contribution in [3.05, 3.63) is 0 Å². The van der Waals surface area contributed by atoms with Crippen LogP contribution in [-0.4, -0.2) is 16.4 Å². The molecule has 0 fully saturated rings. The van der Waals surface area contributed by atoms with E-state index in [9.17, 15) is 4.57 Å². The summed E-state index contributed by atoms with van der Waals surface area (Å²) in [6.07, 6.45) is 0.651. The van der Waals surface area contributed by atoms with Gasteiger partial charge in [-0.1, -0.05) is 41.5 Å². The molecule has 0 bridgehead atoms. The third kappa shape index (κ3) is 6.64. The number of rotatable bonds is 4. The van der Waals surface area contributed by atoms with Crippen molar-refractivity contribution in [2.45, 2.75) is 48.0 Å². The van der Waals surface area contributed by atoms with Gasteiger partial charge in [0.25, 0.3) is 0 Å². The van der Waals surface area contributed by atoms with Gasteiger partial charge in [-0.25, -0.2) is 4.57 Å². The summed E-state index contributed by atoms with van der Waals surface area (Å²) in [6, 6.07) is 0. The van der Waals surface area contributed by atoms with Gasteiger partial charge in [0.15, 0.2) is 0 Å². The Morgan fingerprint density at radius 3 is 1.69 bits per heavy atom. The first-order valence-corrected chi connectivity index (χ1v) is 7.07. The average Bonchev–Trinajstić information content (AvgIpc) is 1.90. The minimum atomic E-state index is -4.33. The Balaban J connectivity index is 4.43. The second-order valence-corrected chi connectivity index (χ2v) is 7.64. The molecule has 5 heteroatoms. The van der Waals surface area contributed by atoms with Crippen molar-refractivity contribution in [2.24, 2.45) is 16.7 Å². The van der Waals surface area contributed by atoms with Crippen LogP contribution in [0.3, 0.4) is 0 Å². The Hall–Kier alpha value is 0.110. The van der Waals surface area contributed by atoms with Crippen LogP contribution in [0.25, 0.3) is 0 Å². The highest BCUT2D eigenvalue weighted by Gasteiger charge is 2.34. The largest absolute Gasteiger partial charge is 0.469 e. The molecular weight excluding hydrogens is 227 g/mol. The van der Waals surface area contributed by atoms with Crippen molar-refractivity contribution in [2.75, 3.05) is 6.61 Å². The fourth-order valence-corrected chi connectivity index (χ4v) is 2.80. The van der Waals surface area contributed by atoms with E-state index in [4.69, 9.17) is 9.79 Å². The van der Waals surface area contributed by atoms with Gasteiger partial charge >= 0.3 is 7.82 Å². The van der Waals surface area contributed by atoms with Crippen molar-refractivity contribution in [1.82, 2.24) is 0 Å². The van der Waals surface area contributed by atoms with Crippen LogP contribution in [0.1, 0.15) is 48.0 Å². The van der Waals surface area contributed by atoms with Crippen LogP contribution < -0.4 is 0 Å². The van der Waals surface area contributed by atoms with E-state index in [0.29, 0.717) is 12.3 Å². The first-order valence-electron chi connectivity index (χ1n) is 5.54. The van der Waals surface area contributed by atoms with E-state index in [1.54, 1.807) is 0 Å². The number of phosphoric ester groups is 1. The Labute approximate surface area is 98.6 Å². The maximum Gasteiger partial charge on any atom is 0.469 e. The molecule has 0 saturated carbocycles. The van der Waals surface area contributed by atoms with E-state index in [0.717, 1.165) is 0 Å². The average molecular weight is 252 g/mol. The van der Waals surface area contributed by atoms with E-state index >= 15 is 0 Å². The van der Waals surface area contributed by atoms with Crippen LogP contribution in [0.5, 0.6) is 0 Å². The number of hydrogen-bond donors (Lipinski definition) is 2. The summed E-state index contributed by atoms with van der Waals surface area (Å²) in [4.78, 5) is 17.3. The molecule has 0 atom stereocenters. The smallest absolute Gasteiger partial charge is 0.303 e. The Morgan fingerprint density at radius 2 is 1.44 bits per heavy atom.